The van der Waals surface area contributed by atoms with Crippen molar-refractivity contribution in [2.75, 3.05) is 0 Å². The van der Waals surface area contributed by atoms with Crippen molar-refractivity contribution in [3.8, 4) is 0 Å². The maximum Gasteiger partial charge on any atom is 2.00 e. The maximum absolute atomic E-state index is 10.2. The van der Waals surface area contributed by atoms with Gasteiger partial charge in [-0.25, -0.2) is 0 Å². The van der Waals surface area contributed by atoms with E-state index in [1.54, 1.807) is 0 Å². The van der Waals surface area contributed by atoms with Gasteiger partial charge in [0.15, 0.2) is 0 Å². The molecule has 0 aromatic rings. The maximum atomic E-state index is 10.2. The molecule has 0 fully saturated rings. The standard InChI is InChI=1S/2C9H18O2.Ca/c2*1-7(5-8(10)11)6-9(2,3)4;/h2*7H,5-6H2,1-4H3,(H,10,11);/q;;+2/p-2. The summed E-state index contributed by atoms with van der Waals surface area (Å²) in [5.41, 5.74) is 0.434. The van der Waals surface area contributed by atoms with Gasteiger partial charge in [0.25, 0.3) is 0 Å². The van der Waals surface area contributed by atoms with Gasteiger partial charge >= 0.3 is 37.7 Å². The van der Waals surface area contributed by atoms with Gasteiger partial charge in [-0.3, -0.25) is 0 Å². The Balaban J connectivity index is -0.000000333. The third-order valence-corrected chi connectivity index (χ3v) is 2.95. The molecule has 0 heterocycles. The van der Waals surface area contributed by atoms with E-state index in [4.69, 9.17) is 0 Å². The van der Waals surface area contributed by atoms with E-state index in [1.165, 1.54) is 0 Å². The van der Waals surface area contributed by atoms with Crippen LogP contribution in [0.2, 0.25) is 0 Å². The molecule has 0 aliphatic rings. The molecule has 0 aliphatic heterocycles. The first-order chi connectivity index (χ1) is 9.62. The Morgan fingerprint density at radius 3 is 1.09 bits per heavy atom. The van der Waals surface area contributed by atoms with Crippen LogP contribution in [0.1, 0.15) is 81.1 Å². The smallest absolute Gasteiger partial charge is 0.550 e. The molecule has 0 saturated heterocycles. The second-order valence-corrected chi connectivity index (χ2v) is 8.89. The minimum absolute atomic E-state index is 0. The van der Waals surface area contributed by atoms with E-state index in [9.17, 15) is 19.8 Å². The van der Waals surface area contributed by atoms with Gasteiger partial charge < -0.3 is 19.8 Å². The van der Waals surface area contributed by atoms with Crippen LogP contribution in [-0.2, 0) is 9.59 Å². The Hall–Kier alpha value is 0.200. The van der Waals surface area contributed by atoms with Gasteiger partial charge in [-0.1, -0.05) is 55.4 Å². The van der Waals surface area contributed by atoms with Crippen LogP contribution in [0.25, 0.3) is 0 Å². The fraction of sp³-hybridized carbons (Fsp3) is 0.889. The topological polar surface area (TPSA) is 80.3 Å². The Morgan fingerprint density at radius 1 is 0.739 bits per heavy atom. The Kier molecular flexibility index (Phi) is 15.3. The SMILES string of the molecule is CC(CC(=O)[O-])CC(C)(C)C.CC(CC(=O)[O-])CC(C)(C)C.[Ca+2]. The summed E-state index contributed by atoms with van der Waals surface area (Å²) in [4.78, 5) is 20.4. The molecule has 4 nitrogen and oxygen atoms in total. The van der Waals surface area contributed by atoms with E-state index in [2.05, 4.69) is 41.5 Å². The Bertz CT molecular complexity index is 306. The minimum atomic E-state index is -0.943. The second kappa shape index (κ2) is 12.5. The number of hydrogen-bond acceptors (Lipinski definition) is 4. The van der Waals surface area contributed by atoms with Crippen molar-refractivity contribution in [1.29, 1.82) is 0 Å². The second-order valence-electron chi connectivity index (χ2n) is 8.89. The van der Waals surface area contributed by atoms with Gasteiger partial charge in [0.1, 0.15) is 0 Å². The van der Waals surface area contributed by atoms with Crippen molar-refractivity contribution in [2.45, 2.75) is 81.1 Å². The predicted octanol–water partition coefficient (Wildman–Crippen LogP) is 2.02. The van der Waals surface area contributed by atoms with Crippen LogP contribution in [-0.4, -0.2) is 49.7 Å². The van der Waals surface area contributed by atoms with Crippen LogP contribution in [0, 0.1) is 22.7 Å². The van der Waals surface area contributed by atoms with Crippen molar-refractivity contribution in [3.63, 3.8) is 0 Å². The van der Waals surface area contributed by atoms with E-state index < -0.39 is 11.9 Å². The van der Waals surface area contributed by atoms with Gasteiger partial charge in [0.05, 0.1) is 0 Å². The van der Waals surface area contributed by atoms with Gasteiger partial charge in [-0.05, 0) is 48.3 Å². The third kappa shape index (κ3) is 27.3. The quantitative estimate of drug-likeness (QED) is 0.683. The van der Waals surface area contributed by atoms with Crippen molar-refractivity contribution >= 4 is 49.7 Å². The molecule has 2 atom stereocenters. The van der Waals surface area contributed by atoms with Gasteiger partial charge in [-0.2, -0.15) is 0 Å². The fourth-order valence-corrected chi connectivity index (χ4v) is 2.80. The zero-order valence-electron chi connectivity index (χ0n) is 16.3. The monoisotopic (exact) mass is 354 g/mol. The van der Waals surface area contributed by atoms with Crippen LogP contribution in [0.4, 0.5) is 0 Å². The molecule has 5 heteroatoms. The van der Waals surface area contributed by atoms with Gasteiger partial charge in [-0.15, -0.1) is 0 Å². The molecule has 0 radical (unpaired) electrons. The normalized spacial score (nSPS) is 13.9. The molecule has 0 saturated carbocycles. The molecule has 0 aromatic carbocycles. The Labute approximate surface area is 172 Å². The minimum Gasteiger partial charge on any atom is -0.550 e. The summed E-state index contributed by atoms with van der Waals surface area (Å²) in [6.07, 6.45) is 2.22. The molecule has 0 bridgehead atoms. The first-order valence-corrected chi connectivity index (χ1v) is 8.02. The summed E-state index contributed by atoms with van der Waals surface area (Å²) >= 11 is 0. The molecule has 132 valence electrons. The van der Waals surface area contributed by atoms with E-state index in [1.807, 2.05) is 13.8 Å². The van der Waals surface area contributed by atoms with E-state index in [-0.39, 0.29) is 73.2 Å². The van der Waals surface area contributed by atoms with Crippen molar-refractivity contribution in [1.82, 2.24) is 0 Å². The van der Waals surface area contributed by atoms with E-state index >= 15 is 0 Å². The van der Waals surface area contributed by atoms with E-state index in [0.717, 1.165) is 12.8 Å². The van der Waals surface area contributed by atoms with Crippen molar-refractivity contribution < 1.29 is 19.8 Å². The molecular formula is C18H34CaO4. The number of aliphatic carboxylic acids is 2. The van der Waals surface area contributed by atoms with Crippen molar-refractivity contribution in [2.24, 2.45) is 22.7 Å². The molecule has 0 aromatic heterocycles. The molecule has 0 amide bonds. The predicted molar refractivity (Wildman–Crippen MR) is 91.5 cm³/mol. The Morgan fingerprint density at radius 2 is 0.957 bits per heavy atom. The zero-order valence-corrected chi connectivity index (χ0v) is 18.5. The molecule has 0 rings (SSSR count). The van der Waals surface area contributed by atoms with Crippen molar-refractivity contribution in [3.05, 3.63) is 0 Å². The molecule has 0 N–H and O–H groups in total. The number of carboxylic acids is 2. The fourth-order valence-electron chi connectivity index (χ4n) is 2.80. The third-order valence-electron chi connectivity index (χ3n) is 2.95. The number of carbonyl (C=O) groups is 2. The first kappa shape index (κ1) is 28.0. The first-order valence-electron chi connectivity index (χ1n) is 8.02. The number of hydrogen-bond donors (Lipinski definition) is 0. The molecule has 0 aliphatic carbocycles. The van der Waals surface area contributed by atoms with Gasteiger partial charge in [0, 0.05) is 11.9 Å². The number of carbonyl (C=O) groups excluding carboxylic acids is 2. The molecule has 23 heavy (non-hydrogen) atoms. The zero-order chi connectivity index (χ0) is 18.1. The largest absolute Gasteiger partial charge is 2.00 e. The summed E-state index contributed by atoms with van der Waals surface area (Å²) in [6.45, 7) is 16.6. The van der Waals surface area contributed by atoms with Crippen LogP contribution < -0.4 is 10.2 Å². The summed E-state index contributed by atoms with van der Waals surface area (Å²) in [6, 6.07) is 0. The van der Waals surface area contributed by atoms with E-state index in [0.29, 0.717) is 0 Å². The summed E-state index contributed by atoms with van der Waals surface area (Å²) in [7, 11) is 0. The average molecular weight is 355 g/mol. The summed E-state index contributed by atoms with van der Waals surface area (Å²) in [5.74, 6) is -1.44. The number of carboxylic acid groups (broad SMARTS) is 2. The number of rotatable bonds is 6. The van der Waals surface area contributed by atoms with Crippen LogP contribution in [0.5, 0.6) is 0 Å². The van der Waals surface area contributed by atoms with Crippen LogP contribution >= 0.6 is 0 Å². The summed E-state index contributed by atoms with van der Waals surface area (Å²) in [5, 5.41) is 20.4. The average Bonchev–Trinajstić information content (AvgIpc) is 2.07. The van der Waals surface area contributed by atoms with Crippen LogP contribution in [0.3, 0.4) is 0 Å². The molecule has 2 unspecified atom stereocenters. The van der Waals surface area contributed by atoms with Gasteiger partial charge in [0.2, 0.25) is 0 Å². The molecular weight excluding hydrogens is 320 g/mol. The molecule has 0 spiro atoms. The van der Waals surface area contributed by atoms with Crippen LogP contribution in [0.15, 0.2) is 0 Å². The summed E-state index contributed by atoms with van der Waals surface area (Å²) < 4.78 is 0.